The maximum Gasteiger partial charge on any atom is 0.262 e. The van der Waals surface area contributed by atoms with Gasteiger partial charge >= 0.3 is 0 Å². The smallest absolute Gasteiger partial charge is 0.262 e. The standard InChI is InChI=1S/C26H31N3O3/c1-32-21-13-11-20(12-14-21)29-19-24(22-9-4-5-10-23(22)26(29)31)25(30)27-15-8-18-28-16-6-2-3-7-17-28/h4-5,9-14,19H,2-3,6-8,15-18H2,1H3,(H,27,30). The summed E-state index contributed by atoms with van der Waals surface area (Å²) >= 11 is 0. The van der Waals surface area contributed by atoms with Crippen molar-refractivity contribution in [1.82, 2.24) is 14.8 Å². The van der Waals surface area contributed by atoms with E-state index >= 15 is 0 Å². The molecule has 1 fully saturated rings. The highest BCUT2D eigenvalue weighted by molar-refractivity contribution is 6.06. The van der Waals surface area contributed by atoms with Gasteiger partial charge in [0.2, 0.25) is 0 Å². The summed E-state index contributed by atoms with van der Waals surface area (Å²) < 4.78 is 6.75. The molecule has 0 saturated carbocycles. The number of nitrogens with zero attached hydrogens (tertiary/aromatic N) is 2. The molecule has 0 atom stereocenters. The number of benzene rings is 2. The summed E-state index contributed by atoms with van der Waals surface area (Å²) in [6.07, 6.45) is 7.75. The second-order valence-electron chi connectivity index (χ2n) is 8.33. The molecule has 1 aliphatic heterocycles. The normalized spacial score (nSPS) is 14.8. The molecule has 3 aromatic rings. The van der Waals surface area contributed by atoms with Crippen molar-refractivity contribution < 1.29 is 9.53 Å². The highest BCUT2D eigenvalue weighted by Crippen LogP contribution is 2.19. The van der Waals surface area contributed by atoms with Crippen LogP contribution in [0.15, 0.2) is 59.5 Å². The van der Waals surface area contributed by atoms with Gasteiger partial charge in [-0.05, 0) is 69.2 Å². The van der Waals surface area contributed by atoms with E-state index < -0.39 is 0 Å². The average molecular weight is 434 g/mol. The van der Waals surface area contributed by atoms with Crippen LogP contribution in [0, 0.1) is 0 Å². The van der Waals surface area contributed by atoms with E-state index in [9.17, 15) is 9.59 Å². The Labute approximate surface area is 188 Å². The Balaban J connectivity index is 1.53. The lowest BCUT2D eigenvalue weighted by atomic mass is 10.1. The highest BCUT2D eigenvalue weighted by atomic mass is 16.5. The Hall–Kier alpha value is -3.12. The van der Waals surface area contributed by atoms with Gasteiger partial charge in [0.25, 0.3) is 11.5 Å². The molecule has 0 aliphatic carbocycles. The Morgan fingerprint density at radius 2 is 1.66 bits per heavy atom. The van der Waals surface area contributed by atoms with Crippen LogP contribution in [0.2, 0.25) is 0 Å². The van der Waals surface area contributed by atoms with Crippen LogP contribution in [-0.4, -0.2) is 48.7 Å². The predicted octanol–water partition coefficient (Wildman–Crippen LogP) is 4.00. The molecular formula is C26H31N3O3. The van der Waals surface area contributed by atoms with E-state index in [1.54, 1.807) is 31.5 Å². The number of hydrogen-bond donors (Lipinski definition) is 1. The number of hydrogen-bond acceptors (Lipinski definition) is 4. The van der Waals surface area contributed by atoms with E-state index in [4.69, 9.17) is 4.74 Å². The number of amides is 1. The summed E-state index contributed by atoms with van der Waals surface area (Å²) in [5.41, 5.74) is 1.05. The topological polar surface area (TPSA) is 63.6 Å². The molecular weight excluding hydrogens is 402 g/mol. The van der Waals surface area contributed by atoms with E-state index in [-0.39, 0.29) is 11.5 Å². The molecule has 4 rings (SSSR count). The van der Waals surface area contributed by atoms with Crippen LogP contribution < -0.4 is 15.6 Å². The summed E-state index contributed by atoms with van der Waals surface area (Å²) in [5, 5.41) is 4.26. The first-order valence-electron chi connectivity index (χ1n) is 11.5. The van der Waals surface area contributed by atoms with Gasteiger partial charge in [-0.3, -0.25) is 14.2 Å². The molecule has 1 N–H and O–H groups in total. The molecule has 6 heteroatoms. The van der Waals surface area contributed by atoms with E-state index in [1.807, 2.05) is 30.3 Å². The van der Waals surface area contributed by atoms with Crippen molar-refractivity contribution in [3.63, 3.8) is 0 Å². The zero-order valence-electron chi connectivity index (χ0n) is 18.7. The predicted molar refractivity (Wildman–Crippen MR) is 128 cm³/mol. The lowest BCUT2D eigenvalue weighted by Gasteiger charge is -2.19. The molecule has 0 spiro atoms. The largest absolute Gasteiger partial charge is 0.497 e. The Morgan fingerprint density at radius 1 is 0.969 bits per heavy atom. The van der Waals surface area contributed by atoms with Crippen molar-refractivity contribution in [2.75, 3.05) is 33.3 Å². The Bertz CT molecular complexity index is 1110. The van der Waals surface area contributed by atoms with Crippen LogP contribution >= 0.6 is 0 Å². The Kier molecular flexibility index (Phi) is 7.22. The van der Waals surface area contributed by atoms with Crippen molar-refractivity contribution in [3.05, 3.63) is 70.6 Å². The minimum atomic E-state index is -0.153. The molecule has 168 valence electrons. The molecule has 0 radical (unpaired) electrons. The summed E-state index contributed by atoms with van der Waals surface area (Å²) in [5.74, 6) is 0.560. The molecule has 1 aliphatic rings. The van der Waals surface area contributed by atoms with Crippen molar-refractivity contribution in [2.24, 2.45) is 0 Å². The molecule has 1 saturated heterocycles. The SMILES string of the molecule is COc1ccc(-n2cc(C(=O)NCCCN3CCCCCC3)c3ccccc3c2=O)cc1. The maximum absolute atomic E-state index is 13.1. The van der Waals surface area contributed by atoms with Crippen molar-refractivity contribution in [3.8, 4) is 11.4 Å². The second-order valence-corrected chi connectivity index (χ2v) is 8.33. The fourth-order valence-corrected chi connectivity index (χ4v) is 4.37. The number of fused-ring (bicyclic) bond motifs is 1. The monoisotopic (exact) mass is 433 g/mol. The van der Waals surface area contributed by atoms with Crippen LogP contribution in [-0.2, 0) is 0 Å². The fourth-order valence-electron chi connectivity index (χ4n) is 4.37. The van der Waals surface area contributed by atoms with Crippen LogP contribution in [0.4, 0.5) is 0 Å². The first-order chi connectivity index (χ1) is 15.7. The lowest BCUT2D eigenvalue weighted by Crippen LogP contribution is -2.31. The van der Waals surface area contributed by atoms with Gasteiger partial charge in [0, 0.05) is 29.2 Å². The molecule has 1 aromatic heterocycles. The quantitative estimate of drug-likeness (QED) is 0.572. The third kappa shape index (κ3) is 5.02. The number of methoxy groups -OCH3 is 1. The fraction of sp³-hybridized carbons (Fsp3) is 0.385. The molecule has 32 heavy (non-hydrogen) atoms. The summed E-state index contributed by atoms with van der Waals surface area (Å²) in [7, 11) is 1.60. The van der Waals surface area contributed by atoms with Crippen LogP contribution in [0.1, 0.15) is 42.5 Å². The Morgan fingerprint density at radius 3 is 2.34 bits per heavy atom. The number of carbonyl (C=O) groups excluding carboxylic acids is 1. The first kappa shape index (κ1) is 22.1. The summed E-state index contributed by atoms with van der Waals surface area (Å²) in [6, 6.07) is 14.5. The van der Waals surface area contributed by atoms with Crippen LogP contribution in [0.3, 0.4) is 0 Å². The first-order valence-corrected chi connectivity index (χ1v) is 11.5. The third-order valence-corrected chi connectivity index (χ3v) is 6.16. The molecule has 2 heterocycles. The van der Waals surface area contributed by atoms with Gasteiger partial charge in [0.05, 0.1) is 12.7 Å². The average Bonchev–Trinajstić information content (AvgIpc) is 3.11. The van der Waals surface area contributed by atoms with E-state index in [0.717, 1.165) is 26.1 Å². The van der Waals surface area contributed by atoms with Gasteiger partial charge in [0.15, 0.2) is 0 Å². The van der Waals surface area contributed by atoms with Gasteiger partial charge in [0.1, 0.15) is 5.75 Å². The van der Waals surface area contributed by atoms with Gasteiger partial charge < -0.3 is 15.0 Å². The second kappa shape index (κ2) is 10.5. The molecule has 1 amide bonds. The van der Waals surface area contributed by atoms with E-state index in [0.29, 0.717) is 34.3 Å². The molecule has 6 nitrogen and oxygen atoms in total. The number of nitrogens with one attached hydrogen (secondary N) is 1. The number of likely N-dealkylation sites (tertiary alicyclic amines) is 1. The van der Waals surface area contributed by atoms with E-state index in [1.165, 1.54) is 30.3 Å². The summed E-state index contributed by atoms with van der Waals surface area (Å²) in [6.45, 7) is 3.94. The highest BCUT2D eigenvalue weighted by Gasteiger charge is 2.16. The number of pyridine rings is 1. The molecule has 0 unspecified atom stereocenters. The number of ether oxygens (including phenoxy) is 1. The maximum atomic E-state index is 13.1. The number of aromatic nitrogens is 1. The van der Waals surface area contributed by atoms with Crippen molar-refractivity contribution in [2.45, 2.75) is 32.1 Å². The molecule has 0 bridgehead atoms. The minimum absolute atomic E-state index is 0.150. The van der Waals surface area contributed by atoms with Gasteiger partial charge in [-0.15, -0.1) is 0 Å². The lowest BCUT2D eigenvalue weighted by molar-refractivity contribution is 0.0952. The van der Waals surface area contributed by atoms with E-state index in [2.05, 4.69) is 10.2 Å². The number of rotatable bonds is 7. The number of carbonyl (C=O) groups is 1. The third-order valence-electron chi connectivity index (χ3n) is 6.16. The zero-order valence-corrected chi connectivity index (χ0v) is 18.7. The van der Waals surface area contributed by atoms with Crippen LogP contribution in [0.25, 0.3) is 16.5 Å². The van der Waals surface area contributed by atoms with Gasteiger partial charge in [-0.1, -0.05) is 31.0 Å². The minimum Gasteiger partial charge on any atom is -0.497 e. The van der Waals surface area contributed by atoms with Gasteiger partial charge in [-0.25, -0.2) is 0 Å². The summed E-state index contributed by atoms with van der Waals surface area (Å²) in [4.78, 5) is 28.7. The zero-order chi connectivity index (χ0) is 22.3. The van der Waals surface area contributed by atoms with Gasteiger partial charge in [-0.2, -0.15) is 0 Å². The van der Waals surface area contributed by atoms with Crippen molar-refractivity contribution in [1.29, 1.82) is 0 Å². The van der Waals surface area contributed by atoms with Crippen molar-refractivity contribution >= 4 is 16.7 Å². The van der Waals surface area contributed by atoms with Crippen LogP contribution in [0.5, 0.6) is 5.75 Å². The molecule has 2 aromatic carbocycles.